The molecular formula is C7H10BNO4. The average molecular weight is 183 g/mol. The molecule has 0 unspecified atom stereocenters. The molecule has 13 heavy (non-hydrogen) atoms. The molecule has 2 amide bonds. The molecule has 1 fully saturated rings. The van der Waals surface area contributed by atoms with Crippen molar-refractivity contribution in [3.8, 4) is 0 Å². The van der Waals surface area contributed by atoms with Crippen LogP contribution < -0.4 is 0 Å². The second-order valence-electron chi connectivity index (χ2n) is 2.72. The number of carbonyl (C=O) groups excluding carboxylic acids is 3. The molecule has 5 nitrogen and oxygen atoms in total. The summed E-state index contributed by atoms with van der Waals surface area (Å²) >= 11 is 0. The number of imide groups is 1. The normalized spacial score (nSPS) is 16.5. The lowest BCUT2D eigenvalue weighted by atomic mass is 9.94. The quantitative estimate of drug-likeness (QED) is 0.247. The van der Waals surface area contributed by atoms with Crippen molar-refractivity contribution in [2.75, 3.05) is 0 Å². The van der Waals surface area contributed by atoms with Crippen molar-refractivity contribution in [3.63, 3.8) is 0 Å². The van der Waals surface area contributed by atoms with Crippen LogP contribution in [0.1, 0.15) is 19.3 Å². The van der Waals surface area contributed by atoms with Gasteiger partial charge < -0.3 is 9.55 Å². The van der Waals surface area contributed by atoms with Crippen LogP contribution in [-0.4, -0.2) is 30.6 Å². The first-order chi connectivity index (χ1) is 6.25. The van der Waals surface area contributed by atoms with Gasteiger partial charge in [0.15, 0.2) is 0 Å². The van der Waals surface area contributed by atoms with E-state index in [0.717, 1.165) is 11.3 Å². The number of carbonyl (C=O) groups is 3. The molecule has 1 rings (SSSR count). The van der Waals surface area contributed by atoms with E-state index in [2.05, 4.69) is 0 Å². The van der Waals surface area contributed by atoms with Gasteiger partial charge in [0.1, 0.15) is 6.29 Å². The number of aldehydes is 1. The Morgan fingerprint density at radius 2 is 2.00 bits per heavy atom. The van der Waals surface area contributed by atoms with Crippen molar-refractivity contribution < 1.29 is 19.1 Å². The Morgan fingerprint density at radius 3 is 2.54 bits per heavy atom. The molecule has 0 atom stereocenters. The van der Waals surface area contributed by atoms with Gasteiger partial charge in [0.25, 0.3) is 11.8 Å². The minimum Gasteiger partial charge on any atom is -0.334 e. The molecule has 1 aliphatic heterocycles. The van der Waals surface area contributed by atoms with Gasteiger partial charge in [-0.15, -0.1) is 0 Å². The van der Waals surface area contributed by atoms with Crippen LogP contribution in [0, 0.1) is 0 Å². The van der Waals surface area contributed by atoms with Crippen LogP contribution in [0.15, 0.2) is 0 Å². The Balaban J connectivity index is 2.23. The van der Waals surface area contributed by atoms with E-state index < -0.39 is 0 Å². The van der Waals surface area contributed by atoms with Gasteiger partial charge in [-0.25, -0.2) is 0 Å². The van der Waals surface area contributed by atoms with E-state index in [4.69, 9.17) is 4.76 Å². The molecule has 1 saturated heterocycles. The molecule has 0 saturated carbocycles. The molecule has 0 aromatic rings. The van der Waals surface area contributed by atoms with Crippen molar-refractivity contribution >= 4 is 25.6 Å². The molecular weight excluding hydrogens is 173 g/mol. The van der Waals surface area contributed by atoms with Gasteiger partial charge in [-0.05, 0) is 12.7 Å². The molecule has 0 aliphatic carbocycles. The number of hydrogen-bond acceptors (Lipinski definition) is 4. The minimum absolute atomic E-state index is 0.229. The summed E-state index contributed by atoms with van der Waals surface area (Å²) in [5.41, 5.74) is 0. The summed E-state index contributed by atoms with van der Waals surface area (Å²) in [6.07, 6.45) is 2.15. The fourth-order valence-corrected chi connectivity index (χ4v) is 1.02. The smallest absolute Gasteiger partial charge is 0.314 e. The van der Waals surface area contributed by atoms with E-state index in [1.807, 2.05) is 0 Å². The predicted molar refractivity (Wildman–Crippen MR) is 44.8 cm³/mol. The Bertz CT molecular complexity index is 215. The van der Waals surface area contributed by atoms with Crippen LogP contribution in [0.3, 0.4) is 0 Å². The molecule has 1 aliphatic rings. The first-order valence-corrected chi connectivity index (χ1v) is 4.18. The van der Waals surface area contributed by atoms with Crippen molar-refractivity contribution in [3.05, 3.63) is 0 Å². The highest BCUT2D eigenvalue weighted by Gasteiger charge is 2.29. The van der Waals surface area contributed by atoms with E-state index >= 15 is 0 Å². The van der Waals surface area contributed by atoms with Crippen LogP contribution in [0.4, 0.5) is 0 Å². The van der Waals surface area contributed by atoms with Crippen molar-refractivity contribution in [2.45, 2.75) is 25.6 Å². The summed E-state index contributed by atoms with van der Waals surface area (Å²) in [5, 5.41) is 0.796. The summed E-state index contributed by atoms with van der Waals surface area (Å²) in [5.74, 6) is -0.591. The lowest BCUT2D eigenvalue weighted by Gasteiger charge is -2.12. The van der Waals surface area contributed by atoms with Gasteiger partial charge in [0, 0.05) is 12.8 Å². The van der Waals surface area contributed by atoms with Crippen molar-refractivity contribution in [1.29, 1.82) is 0 Å². The van der Waals surface area contributed by atoms with Crippen LogP contribution in [0.2, 0.25) is 6.32 Å². The molecule has 6 heteroatoms. The lowest BCUT2D eigenvalue weighted by molar-refractivity contribution is -0.164. The zero-order valence-electron chi connectivity index (χ0n) is 7.19. The maximum atomic E-state index is 11.0. The highest BCUT2D eigenvalue weighted by atomic mass is 16.7. The van der Waals surface area contributed by atoms with Gasteiger partial charge in [-0.2, -0.15) is 5.06 Å². The van der Waals surface area contributed by atoms with Crippen molar-refractivity contribution in [2.24, 2.45) is 0 Å². The third-order valence-electron chi connectivity index (χ3n) is 1.69. The van der Waals surface area contributed by atoms with Crippen LogP contribution in [-0.2, 0) is 19.1 Å². The zero-order valence-corrected chi connectivity index (χ0v) is 7.19. The standard InChI is InChI=1S/C7H10BNO4/c10-5-1-4-8-13-9-6(11)2-3-7(9)12/h5,8H,1-4H2. The number of amides is 2. The number of rotatable bonds is 5. The molecule has 1 heterocycles. The molecule has 0 bridgehead atoms. The number of hydrogen-bond donors (Lipinski definition) is 0. The fourth-order valence-electron chi connectivity index (χ4n) is 1.02. The highest BCUT2D eigenvalue weighted by Crippen LogP contribution is 2.11. The fraction of sp³-hybridized carbons (Fsp3) is 0.571. The molecule has 70 valence electrons. The predicted octanol–water partition coefficient (Wildman–Crippen LogP) is -0.574. The van der Waals surface area contributed by atoms with Crippen LogP contribution in [0.25, 0.3) is 0 Å². The van der Waals surface area contributed by atoms with E-state index in [-0.39, 0.29) is 32.1 Å². The summed E-state index contributed by atoms with van der Waals surface area (Å²) in [6.45, 7) is 0. The third kappa shape index (κ3) is 2.66. The monoisotopic (exact) mass is 183 g/mol. The molecule has 0 spiro atoms. The molecule has 0 aromatic heterocycles. The topological polar surface area (TPSA) is 63.7 Å². The Hall–Kier alpha value is -1.17. The Labute approximate surface area is 76.3 Å². The van der Waals surface area contributed by atoms with E-state index in [9.17, 15) is 14.4 Å². The average Bonchev–Trinajstić information content (AvgIpc) is 2.42. The second kappa shape index (κ2) is 4.76. The largest absolute Gasteiger partial charge is 0.334 e. The van der Waals surface area contributed by atoms with E-state index in [0.29, 0.717) is 12.7 Å². The van der Waals surface area contributed by atoms with Crippen molar-refractivity contribution in [1.82, 2.24) is 5.06 Å². The number of nitrogens with zero attached hydrogens (tertiary/aromatic N) is 1. The maximum absolute atomic E-state index is 11.0. The first kappa shape index (κ1) is 9.92. The first-order valence-electron chi connectivity index (χ1n) is 4.18. The Morgan fingerprint density at radius 1 is 1.38 bits per heavy atom. The summed E-state index contributed by atoms with van der Waals surface area (Å²) < 4.78 is 4.90. The highest BCUT2D eigenvalue weighted by molar-refractivity contribution is 6.28. The summed E-state index contributed by atoms with van der Waals surface area (Å²) in [7, 11) is 0.232. The number of hydroxylamine groups is 2. The van der Waals surface area contributed by atoms with Gasteiger partial charge in [0.05, 0.1) is 0 Å². The maximum Gasteiger partial charge on any atom is 0.314 e. The molecule has 0 N–H and O–H groups in total. The van der Waals surface area contributed by atoms with Gasteiger partial charge in [-0.3, -0.25) is 9.59 Å². The van der Waals surface area contributed by atoms with Gasteiger partial charge in [-0.1, -0.05) is 0 Å². The third-order valence-corrected chi connectivity index (χ3v) is 1.69. The van der Waals surface area contributed by atoms with Gasteiger partial charge in [0.2, 0.25) is 0 Å². The SMILES string of the molecule is O=CCCBON1C(=O)CCC1=O. The second-order valence-corrected chi connectivity index (χ2v) is 2.72. The molecule has 0 aromatic carbocycles. The van der Waals surface area contributed by atoms with Crippen LogP contribution >= 0.6 is 0 Å². The molecule has 0 radical (unpaired) electrons. The lowest BCUT2D eigenvalue weighted by Crippen LogP contribution is -2.30. The van der Waals surface area contributed by atoms with E-state index in [1.165, 1.54) is 0 Å². The van der Waals surface area contributed by atoms with Crippen LogP contribution in [0.5, 0.6) is 0 Å². The Kier molecular flexibility index (Phi) is 3.63. The van der Waals surface area contributed by atoms with Gasteiger partial charge >= 0.3 is 7.48 Å². The minimum atomic E-state index is -0.295. The summed E-state index contributed by atoms with van der Waals surface area (Å²) in [6, 6.07) is 0. The summed E-state index contributed by atoms with van der Waals surface area (Å²) in [4.78, 5) is 31.8. The van der Waals surface area contributed by atoms with E-state index in [1.54, 1.807) is 0 Å². The zero-order chi connectivity index (χ0) is 9.68.